The Morgan fingerprint density at radius 2 is 1.73 bits per heavy atom. The fourth-order valence-electron chi connectivity index (χ4n) is 12.5. The summed E-state index contributed by atoms with van der Waals surface area (Å²) in [7, 11) is 0. The van der Waals surface area contributed by atoms with Crippen molar-refractivity contribution < 1.29 is 19.7 Å². The lowest BCUT2D eigenvalue weighted by atomic mass is 9.40. The summed E-state index contributed by atoms with van der Waals surface area (Å²) in [5.41, 5.74) is 6.62. The number of rotatable bonds is 3. The summed E-state index contributed by atoms with van der Waals surface area (Å²) in [5.74, 6) is 0.633. The second-order valence-corrected chi connectivity index (χ2v) is 17.6. The topological polar surface area (TPSA) is 71.7 Å². The lowest BCUT2D eigenvalue weighted by Crippen LogP contribution is -2.62. The SMILES string of the molecule is C.C.C.C=C(C)[C@H]1C(=O)c2c3c(cc4c5c(n1c24)[C@@]1(C)C(CC[C@H]2[C@](C)(C=CCC)[C@@H](O)CC[C@@]21C)C5)C1=CC(C)(C)OC(C)(C)C1[C@@H]3O. The van der Waals surface area contributed by atoms with Gasteiger partial charge in [-0.1, -0.05) is 74.3 Å². The van der Waals surface area contributed by atoms with Crippen LogP contribution in [0.2, 0.25) is 0 Å². The minimum Gasteiger partial charge on any atom is -0.392 e. The first-order valence-electron chi connectivity index (χ1n) is 17.9. The molecule has 5 nitrogen and oxygen atoms in total. The van der Waals surface area contributed by atoms with Crippen molar-refractivity contribution >= 4 is 22.3 Å². The summed E-state index contributed by atoms with van der Waals surface area (Å²) in [6, 6.07) is 1.86. The van der Waals surface area contributed by atoms with E-state index in [0.29, 0.717) is 17.4 Å². The number of Topliss-reactive ketones (excluding diaryl/α,β-unsaturated/α-hetero) is 1. The Morgan fingerprint density at radius 3 is 2.37 bits per heavy atom. The molecule has 5 heteroatoms. The van der Waals surface area contributed by atoms with Crippen LogP contribution in [-0.4, -0.2) is 37.9 Å². The molecule has 0 saturated heterocycles. The molecule has 0 radical (unpaired) electrons. The van der Waals surface area contributed by atoms with Crippen LogP contribution in [0, 0.1) is 28.6 Å². The monoisotopic (exact) mass is 671 g/mol. The van der Waals surface area contributed by atoms with Crippen molar-refractivity contribution in [2.45, 2.75) is 158 Å². The van der Waals surface area contributed by atoms with E-state index in [2.05, 4.69) is 90.8 Å². The van der Waals surface area contributed by atoms with Crippen molar-refractivity contribution in [3.8, 4) is 0 Å². The van der Waals surface area contributed by atoms with Crippen molar-refractivity contribution in [2.24, 2.45) is 28.6 Å². The number of fused-ring (bicyclic) bond motifs is 11. The molecule has 270 valence electrons. The average molecular weight is 672 g/mol. The molecule has 1 aromatic carbocycles. The maximum absolute atomic E-state index is 14.8. The molecule has 9 atom stereocenters. The number of nitrogens with zero attached hydrogens (tertiary/aromatic N) is 1. The van der Waals surface area contributed by atoms with Crippen molar-refractivity contribution in [1.29, 1.82) is 0 Å². The number of carbonyl (C=O) groups excluding carboxylic acids is 1. The smallest absolute Gasteiger partial charge is 0.192 e. The molecule has 2 unspecified atom stereocenters. The number of carbonyl (C=O) groups is 1. The first-order chi connectivity index (χ1) is 21.4. The van der Waals surface area contributed by atoms with Crippen LogP contribution in [0.15, 0.2) is 36.4 Å². The van der Waals surface area contributed by atoms with Crippen LogP contribution in [0.1, 0.15) is 162 Å². The molecule has 8 rings (SSSR count). The van der Waals surface area contributed by atoms with Crippen LogP contribution in [0.3, 0.4) is 0 Å². The highest BCUT2D eigenvalue weighted by atomic mass is 16.5. The quantitative estimate of drug-likeness (QED) is 0.319. The third kappa shape index (κ3) is 4.31. The van der Waals surface area contributed by atoms with Crippen LogP contribution in [0.4, 0.5) is 0 Å². The highest BCUT2D eigenvalue weighted by Crippen LogP contribution is 2.71. The first-order valence-corrected chi connectivity index (χ1v) is 17.9. The number of hydrogen-bond donors (Lipinski definition) is 2. The molecule has 2 fully saturated rings. The first kappa shape index (κ1) is 37.8. The number of aliphatic hydroxyl groups excluding tert-OH is 2. The van der Waals surface area contributed by atoms with Gasteiger partial charge in [0, 0.05) is 33.4 Å². The van der Waals surface area contributed by atoms with E-state index in [9.17, 15) is 15.0 Å². The molecule has 0 bridgehead atoms. The minimum atomic E-state index is -0.816. The fraction of sp³-hybridized carbons (Fsp3) is 0.659. The van der Waals surface area contributed by atoms with Crippen LogP contribution < -0.4 is 0 Å². The predicted molar refractivity (Wildman–Crippen MR) is 204 cm³/mol. The van der Waals surface area contributed by atoms with Gasteiger partial charge in [0.05, 0.1) is 34.5 Å². The number of allylic oxidation sites excluding steroid dienone is 2. The number of ether oxygens (including phenoxy) is 1. The van der Waals surface area contributed by atoms with Gasteiger partial charge in [-0.05, 0) is 119 Å². The van der Waals surface area contributed by atoms with E-state index in [4.69, 9.17) is 4.74 Å². The molecule has 3 heterocycles. The van der Waals surface area contributed by atoms with Gasteiger partial charge in [0.25, 0.3) is 0 Å². The summed E-state index contributed by atoms with van der Waals surface area (Å²) in [4.78, 5) is 14.8. The van der Waals surface area contributed by atoms with Crippen LogP contribution in [0.5, 0.6) is 0 Å². The molecule has 6 aliphatic rings. The highest BCUT2D eigenvalue weighted by molar-refractivity contribution is 6.18. The summed E-state index contributed by atoms with van der Waals surface area (Å²) in [5, 5.41) is 24.8. The van der Waals surface area contributed by atoms with Crippen molar-refractivity contribution in [1.82, 2.24) is 4.57 Å². The molecule has 4 aliphatic carbocycles. The largest absolute Gasteiger partial charge is 0.392 e. The second-order valence-electron chi connectivity index (χ2n) is 17.6. The van der Waals surface area contributed by atoms with E-state index in [1.54, 1.807) is 0 Å². The predicted octanol–water partition coefficient (Wildman–Crippen LogP) is 10.5. The number of benzene rings is 1. The molecule has 0 amide bonds. The van der Waals surface area contributed by atoms with Crippen molar-refractivity contribution in [3.63, 3.8) is 0 Å². The standard InChI is InChI=1S/C41H53NO4.3CH4/c1-11-12-16-39(8)27-14-13-22-18-25-24-19-23-26-20-37(4,5)46-38(6,7)31(26)34(44)29(23)30-33(24)42(32(21(2)3)35(30)45)36(25)41(22,10)40(27,9)17-15-28(39)43;;;/h12,16,19-20,22,27-28,31-32,34,43-44H,2,11,13-15,17-18H2,1,3-10H3;3*1H4/t22?,27-,28-,31?,32-,34+,39-,40-,41+;;;/m0.../s1. The Balaban J connectivity index is 0.00000156. The molecule has 49 heavy (non-hydrogen) atoms. The van der Waals surface area contributed by atoms with E-state index < -0.39 is 23.3 Å². The van der Waals surface area contributed by atoms with Gasteiger partial charge in [0.2, 0.25) is 0 Å². The maximum atomic E-state index is 14.8. The number of hydrogen-bond acceptors (Lipinski definition) is 4. The van der Waals surface area contributed by atoms with Gasteiger partial charge in [-0.15, -0.1) is 0 Å². The van der Waals surface area contributed by atoms with Gasteiger partial charge in [-0.2, -0.15) is 0 Å². The third-order valence-corrected chi connectivity index (χ3v) is 14.3. The molecular weight excluding hydrogens is 606 g/mol. The van der Waals surface area contributed by atoms with Gasteiger partial charge < -0.3 is 19.5 Å². The number of ketones is 1. The Morgan fingerprint density at radius 1 is 1.06 bits per heavy atom. The third-order valence-electron chi connectivity index (χ3n) is 14.3. The van der Waals surface area contributed by atoms with Crippen LogP contribution >= 0.6 is 0 Å². The van der Waals surface area contributed by atoms with Gasteiger partial charge in [-0.25, -0.2) is 0 Å². The van der Waals surface area contributed by atoms with Crippen molar-refractivity contribution in [2.75, 3.05) is 0 Å². The molecule has 0 spiro atoms. The Hall–Kier alpha value is -2.47. The van der Waals surface area contributed by atoms with Crippen LogP contribution in [-0.2, 0) is 16.6 Å². The summed E-state index contributed by atoms with van der Waals surface area (Å²) in [6.45, 7) is 24.2. The van der Waals surface area contributed by atoms with Gasteiger partial charge in [0.15, 0.2) is 5.78 Å². The van der Waals surface area contributed by atoms with Crippen LogP contribution in [0.25, 0.3) is 16.5 Å². The average Bonchev–Trinajstić information content (AvgIpc) is 3.62. The zero-order chi connectivity index (χ0) is 33.1. The Bertz CT molecular complexity index is 1800. The molecular formula is C44H65NO4. The zero-order valence-corrected chi connectivity index (χ0v) is 29.4. The van der Waals surface area contributed by atoms with Gasteiger partial charge >= 0.3 is 0 Å². The zero-order valence-electron chi connectivity index (χ0n) is 29.4. The maximum Gasteiger partial charge on any atom is 0.192 e. The van der Waals surface area contributed by atoms with E-state index in [1.807, 2.05) is 6.92 Å². The number of aromatic nitrogens is 1. The molecule has 2 N–H and O–H groups in total. The van der Waals surface area contributed by atoms with E-state index in [-0.39, 0.29) is 56.3 Å². The summed E-state index contributed by atoms with van der Waals surface area (Å²) in [6.07, 6.45) is 11.5. The summed E-state index contributed by atoms with van der Waals surface area (Å²) < 4.78 is 8.93. The van der Waals surface area contributed by atoms with E-state index in [1.165, 1.54) is 16.6 Å². The molecule has 2 saturated carbocycles. The highest BCUT2D eigenvalue weighted by Gasteiger charge is 2.67. The second kappa shape index (κ2) is 11.3. The van der Waals surface area contributed by atoms with Gasteiger partial charge in [0.1, 0.15) is 6.04 Å². The van der Waals surface area contributed by atoms with Crippen molar-refractivity contribution in [3.05, 3.63) is 64.4 Å². The lowest BCUT2D eigenvalue weighted by molar-refractivity contribution is -0.145. The Kier molecular flexibility index (Phi) is 8.68. The van der Waals surface area contributed by atoms with Gasteiger partial charge in [-0.3, -0.25) is 4.79 Å². The van der Waals surface area contributed by atoms with E-state index in [0.717, 1.165) is 66.3 Å². The molecule has 2 aliphatic heterocycles. The van der Waals surface area contributed by atoms with E-state index >= 15 is 0 Å². The minimum absolute atomic E-state index is 0. The normalized spacial score (nSPS) is 38.8. The molecule has 2 aromatic rings. The lowest BCUT2D eigenvalue weighted by Gasteiger charge is -2.64. The summed E-state index contributed by atoms with van der Waals surface area (Å²) >= 11 is 0. The Labute approximate surface area is 296 Å². The molecule has 1 aromatic heterocycles. The fourth-order valence-corrected chi connectivity index (χ4v) is 12.5. The number of aliphatic hydroxyl groups is 2.